The molecule has 0 saturated heterocycles. The third kappa shape index (κ3) is 6.21. The van der Waals surface area contributed by atoms with Crippen LogP contribution in [0.1, 0.15) is 19.4 Å². The topological polar surface area (TPSA) is 85.4 Å². The highest BCUT2D eigenvalue weighted by Gasteiger charge is 2.12. The Kier molecular flexibility index (Phi) is 7.68. The Hall–Kier alpha value is -3.58. The highest BCUT2D eigenvalue weighted by molar-refractivity contribution is 6.31. The van der Waals surface area contributed by atoms with E-state index >= 15 is 0 Å². The molecule has 32 heavy (non-hydrogen) atoms. The van der Waals surface area contributed by atoms with Gasteiger partial charge in [-0.1, -0.05) is 44.2 Å². The van der Waals surface area contributed by atoms with E-state index in [0.717, 1.165) is 12.1 Å². The second-order valence-corrected chi connectivity index (χ2v) is 7.83. The van der Waals surface area contributed by atoms with Crippen molar-refractivity contribution >= 4 is 34.8 Å². The number of ether oxygens (including phenoxy) is 2. The molecular weight excluding hydrogens is 428 g/mol. The second kappa shape index (κ2) is 10.6. The fourth-order valence-electron chi connectivity index (χ4n) is 2.98. The van der Waals surface area contributed by atoms with Gasteiger partial charge in [0.05, 0.1) is 19.0 Å². The zero-order valence-electron chi connectivity index (χ0n) is 18.2. The summed E-state index contributed by atoms with van der Waals surface area (Å²) in [6, 6.07) is 12.8. The number of aromatic nitrogens is 2. The Morgan fingerprint density at radius 3 is 2.78 bits per heavy atom. The molecule has 166 valence electrons. The van der Waals surface area contributed by atoms with Gasteiger partial charge in [0.25, 0.3) is 0 Å². The maximum absolute atomic E-state index is 11.5. The molecule has 0 spiro atoms. The van der Waals surface area contributed by atoms with Gasteiger partial charge in [-0.25, -0.2) is 4.98 Å². The van der Waals surface area contributed by atoms with Crippen molar-refractivity contribution in [3.63, 3.8) is 0 Å². The summed E-state index contributed by atoms with van der Waals surface area (Å²) in [5, 5.41) is 6.07. The standard InChI is InChI=1S/C24H25ClN4O3/c1-5-22(30)27-17-7-6-8-18(13-17)32-23-19(25)14-26-24(29-23)28-20-10-9-16(11-15(2)3)12-21(20)31-4/h5-10,12-15H,1,11H2,2-4H3,(H,27,30)(H,26,28,29). The molecule has 1 amide bonds. The molecule has 7 nitrogen and oxygen atoms in total. The van der Waals surface area contributed by atoms with Gasteiger partial charge in [0.1, 0.15) is 16.5 Å². The van der Waals surface area contributed by atoms with E-state index in [9.17, 15) is 4.79 Å². The molecule has 8 heteroatoms. The Morgan fingerprint density at radius 2 is 2.06 bits per heavy atom. The van der Waals surface area contributed by atoms with Crippen molar-refractivity contribution in [3.05, 3.63) is 71.9 Å². The van der Waals surface area contributed by atoms with E-state index < -0.39 is 0 Å². The van der Waals surface area contributed by atoms with Gasteiger partial charge in [-0.2, -0.15) is 4.98 Å². The van der Waals surface area contributed by atoms with Gasteiger partial charge in [0, 0.05) is 11.8 Å². The minimum Gasteiger partial charge on any atom is -0.495 e. The number of methoxy groups -OCH3 is 1. The normalized spacial score (nSPS) is 10.5. The molecule has 0 aliphatic rings. The Bertz CT molecular complexity index is 1120. The number of hydrogen-bond donors (Lipinski definition) is 2. The molecular formula is C24H25ClN4O3. The van der Waals surface area contributed by atoms with Crippen molar-refractivity contribution in [2.75, 3.05) is 17.7 Å². The average molecular weight is 453 g/mol. The Morgan fingerprint density at radius 1 is 1.25 bits per heavy atom. The van der Waals surface area contributed by atoms with Crippen molar-refractivity contribution in [1.82, 2.24) is 9.97 Å². The molecule has 0 saturated carbocycles. The van der Waals surface area contributed by atoms with E-state index in [4.69, 9.17) is 21.1 Å². The van der Waals surface area contributed by atoms with Crippen LogP contribution in [0, 0.1) is 5.92 Å². The van der Waals surface area contributed by atoms with Crippen LogP contribution in [0.5, 0.6) is 17.4 Å². The fourth-order valence-corrected chi connectivity index (χ4v) is 3.11. The predicted octanol–water partition coefficient (Wildman–Crippen LogP) is 6.00. The lowest BCUT2D eigenvalue weighted by Crippen LogP contribution is -2.07. The number of rotatable bonds is 9. The summed E-state index contributed by atoms with van der Waals surface area (Å²) in [4.78, 5) is 20.1. The number of halogens is 1. The van der Waals surface area contributed by atoms with E-state index in [0.29, 0.717) is 29.1 Å². The van der Waals surface area contributed by atoms with E-state index in [1.807, 2.05) is 18.2 Å². The number of nitrogens with one attached hydrogen (secondary N) is 2. The number of hydrogen-bond acceptors (Lipinski definition) is 6. The maximum atomic E-state index is 11.5. The van der Waals surface area contributed by atoms with Crippen molar-refractivity contribution in [2.24, 2.45) is 5.92 Å². The average Bonchev–Trinajstić information content (AvgIpc) is 2.76. The highest BCUT2D eigenvalue weighted by atomic mass is 35.5. The van der Waals surface area contributed by atoms with Gasteiger partial charge in [-0.3, -0.25) is 4.79 Å². The summed E-state index contributed by atoms with van der Waals surface area (Å²) in [6.07, 6.45) is 3.60. The minimum absolute atomic E-state index is 0.173. The van der Waals surface area contributed by atoms with Gasteiger partial charge in [-0.05, 0) is 48.2 Å². The van der Waals surface area contributed by atoms with Crippen LogP contribution in [0.25, 0.3) is 0 Å². The van der Waals surface area contributed by atoms with Crippen molar-refractivity contribution in [3.8, 4) is 17.4 Å². The smallest absolute Gasteiger partial charge is 0.247 e. The van der Waals surface area contributed by atoms with Crippen LogP contribution in [0.3, 0.4) is 0 Å². The molecule has 3 aromatic rings. The quantitative estimate of drug-likeness (QED) is 0.387. The molecule has 0 aliphatic heterocycles. The molecule has 0 radical (unpaired) electrons. The fraction of sp³-hybridized carbons (Fsp3) is 0.208. The number of carbonyl (C=O) groups is 1. The van der Waals surface area contributed by atoms with E-state index in [2.05, 4.69) is 41.0 Å². The largest absolute Gasteiger partial charge is 0.495 e. The highest BCUT2D eigenvalue weighted by Crippen LogP contribution is 2.32. The van der Waals surface area contributed by atoms with Crippen LogP contribution in [0.15, 0.2) is 61.3 Å². The summed E-state index contributed by atoms with van der Waals surface area (Å²) in [5.41, 5.74) is 2.47. The van der Waals surface area contributed by atoms with Crippen LogP contribution < -0.4 is 20.1 Å². The summed E-state index contributed by atoms with van der Waals surface area (Å²) in [5.74, 6) is 1.84. The first-order valence-electron chi connectivity index (χ1n) is 10.1. The molecule has 3 rings (SSSR count). The monoisotopic (exact) mass is 452 g/mol. The third-order valence-corrected chi connectivity index (χ3v) is 4.63. The summed E-state index contributed by atoms with van der Waals surface area (Å²) in [6.45, 7) is 7.78. The zero-order valence-corrected chi connectivity index (χ0v) is 18.9. The predicted molar refractivity (Wildman–Crippen MR) is 127 cm³/mol. The summed E-state index contributed by atoms with van der Waals surface area (Å²) < 4.78 is 11.4. The minimum atomic E-state index is -0.318. The summed E-state index contributed by atoms with van der Waals surface area (Å²) in [7, 11) is 1.62. The third-order valence-electron chi connectivity index (χ3n) is 4.37. The first-order chi connectivity index (χ1) is 15.4. The zero-order chi connectivity index (χ0) is 23.1. The maximum Gasteiger partial charge on any atom is 0.247 e. The van der Waals surface area contributed by atoms with Crippen LogP contribution >= 0.6 is 11.6 Å². The molecule has 1 aromatic heterocycles. The lowest BCUT2D eigenvalue weighted by Gasteiger charge is -2.14. The van der Waals surface area contributed by atoms with Gasteiger partial charge in [0.15, 0.2) is 0 Å². The van der Waals surface area contributed by atoms with Crippen LogP contribution in [0.2, 0.25) is 5.02 Å². The van der Waals surface area contributed by atoms with Crippen LogP contribution in [0.4, 0.5) is 17.3 Å². The van der Waals surface area contributed by atoms with Gasteiger partial charge in [-0.15, -0.1) is 0 Å². The number of anilines is 3. The van der Waals surface area contributed by atoms with Gasteiger partial charge < -0.3 is 20.1 Å². The first-order valence-corrected chi connectivity index (χ1v) is 10.4. The van der Waals surface area contributed by atoms with Crippen molar-refractivity contribution in [2.45, 2.75) is 20.3 Å². The number of benzene rings is 2. The first kappa shape index (κ1) is 23.1. The Labute approximate surface area is 192 Å². The summed E-state index contributed by atoms with van der Waals surface area (Å²) >= 11 is 6.24. The molecule has 0 bridgehead atoms. The van der Waals surface area contributed by atoms with E-state index in [1.165, 1.54) is 17.8 Å². The number of amides is 1. The number of carbonyl (C=O) groups excluding carboxylic acids is 1. The molecule has 0 aliphatic carbocycles. The molecule has 2 aromatic carbocycles. The van der Waals surface area contributed by atoms with Crippen molar-refractivity contribution < 1.29 is 14.3 Å². The van der Waals surface area contributed by atoms with Crippen LogP contribution in [-0.2, 0) is 11.2 Å². The molecule has 0 fully saturated rings. The Balaban J connectivity index is 1.80. The lowest BCUT2D eigenvalue weighted by molar-refractivity contribution is -0.111. The second-order valence-electron chi connectivity index (χ2n) is 7.43. The van der Waals surface area contributed by atoms with Crippen molar-refractivity contribution in [1.29, 1.82) is 0 Å². The molecule has 0 unspecified atom stereocenters. The van der Waals surface area contributed by atoms with Gasteiger partial charge >= 0.3 is 0 Å². The van der Waals surface area contributed by atoms with E-state index in [-0.39, 0.29) is 16.8 Å². The lowest BCUT2D eigenvalue weighted by atomic mass is 10.0. The molecule has 2 N–H and O–H groups in total. The van der Waals surface area contributed by atoms with E-state index in [1.54, 1.807) is 31.4 Å². The molecule has 0 atom stereocenters. The van der Waals surface area contributed by atoms with Crippen LogP contribution in [-0.4, -0.2) is 23.0 Å². The number of nitrogens with zero attached hydrogens (tertiary/aromatic N) is 2. The molecule has 1 heterocycles. The van der Waals surface area contributed by atoms with Gasteiger partial charge in [0.2, 0.25) is 17.7 Å². The SMILES string of the molecule is C=CC(=O)Nc1cccc(Oc2nc(Nc3ccc(CC(C)C)cc3OC)ncc2Cl)c1.